The van der Waals surface area contributed by atoms with Crippen molar-refractivity contribution in [2.45, 2.75) is 59.3 Å². The minimum atomic E-state index is 0. The largest absolute Gasteiger partial charge is 0.494 e. The molecule has 0 atom stereocenters. The van der Waals surface area contributed by atoms with Crippen molar-refractivity contribution in [2.75, 3.05) is 26.2 Å². The van der Waals surface area contributed by atoms with Crippen LogP contribution < -0.4 is 4.74 Å². The summed E-state index contributed by atoms with van der Waals surface area (Å²) in [6.45, 7) is 11.0. The zero-order valence-corrected chi connectivity index (χ0v) is 22.5. The van der Waals surface area contributed by atoms with Crippen molar-refractivity contribution in [1.82, 2.24) is 9.88 Å². The number of aryl methyl sites for hydroxylation is 1. The summed E-state index contributed by atoms with van der Waals surface area (Å²) in [7, 11) is 0. The van der Waals surface area contributed by atoms with Crippen molar-refractivity contribution in [3.63, 3.8) is 0 Å². The number of ether oxygens (including phenoxy) is 1. The van der Waals surface area contributed by atoms with Crippen molar-refractivity contribution in [1.29, 1.82) is 0 Å². The van der Waals surface area contributed by atoms with Crippen LogP contribution >= 0.6 is 23.7 Å². The van der Waals surface area contributed by atoms with Gasteiger partial charge in [-0.2, -0.15) is 0 Å². The van der Waals surface area contributed by atoms with Gasteiger partial charge in [0.15, 0.2) is 0 Å². The van der Waals surface area contributed by atoms with Crippen LogP contribution in [0.4, 0.5) is 0 Å². The molecule has 0 saturated heterocycles. The topological polar surface area (TPSA) is 56.9 Å². The van der Waals surface area contributed by atoms with Crippen molar-refractivity contribution in [3.8, 4) is 27.6 Å². The first-order valence-corrected chi connectivity index (χ1v) is 13.1. The highest BCUT2D eigenvalue weighted by molar-refractivity contribution is 7.15. The highest BCUT2D eigenvalue weighted by atomic mass is 35.5. The Morgan fingerprint density at radius 3 is 2.00 bits per heavy atom. The number of halogens is 1. The van der Waals surface area contributed by atoms with Crippen LogP contribution in [0.3, 0.4) is 0 Å². The predicted octanol–water partition coefficient (Wildman–Crippen LogP) is 7.31. The normalized spacial score (nSPS) is 10.6. The van der Waals surface area contributed by atoms with Crippen LogP contribution in [0.15, 0.2) is 54.6 Å². The molecule has 0 fully saturated rings. The van der Waals surface area contributed by atoms with Crippen molar-refractivity contribution in [3.05, 3.63) is 59.5 Å². The van der Waals surface area contributed by atoms with Crippen LogP contribution in [-0.4, -0.2) is 41.6 Å². The molecular weight excluding hydrogens is 464 g/mol. The average Bonchev–Trinajstić information content (AvgIpc) is 3.28. The SMILES string of the molecule is CCCCN(CCCC)CCCOc1ccc(-c2nc(-c3ccccc3)sc2CC)cc1.Cl.O. The second-order valence-corrected chi connectivity index (χ2v) is 9.37. The van der Waals surface area contributed by atoms with Gasteiger partial charge in [-0.25, -0.2) is 4.98 Å². The maximum absolute atomic E-state index is 6.04. The van der Waals surface area contributed by atoms with E-state index in [1.807, 2.05) is 6.07 Å². The van der Waals surface area contributed by atoms with Gasteiger partial charge < -0.3 is 15.1 Å². The lowest BCUT2D eigenvalue weighted by molar-refractivity contribution is 0.229. The number of aromatic nitrogens is 1. The van der Waals surface area contributed by atoms with E-state index in [2.05, 4.69) is 74.2 Å². The smallest absolute Gasteiger partial charge is 0.124 e. The van der Waals surface area contributed by atoms with Gasteiger partial charge in [0.1, 0.15) is 10.8 Å². The summed E-state index contributed by atoms with van der Waals surface area (Å²) in [5.74, 6) is 0.943. The molecule has 0 aliphatic heterocycles. The summed E-state index contributed by atoms with van der Waals surface area (Å²) < 4.78 is 6.04. The van der Waals surface area contributed by atoms with Gasteiger partial charge in [-0.3, -0.25) is 0 Å². The van der Waals surface area contributed by atoms with Gasteiger partial charge in [0.05, 0.1) is 12.3 Å². The highest BCUT2D eigenvalue weighted by Gasteiger charge is 2.13. The second-order valence-electron chi connectivity index (χ2n) is 8.29. The Labute approximate surface area is 216 Å². The minimum absolute atomic E-state index is 0. The summed E-state index contributed by atoms with van der Waals surface area (Å²) in [6, 6.07) is 18.9. The number of rotatable bonds is 14. The number of nitrogens with zero attached hydrogens (tertiary/aromatic N) is 2. The lowest BCUT2D eigenvalue weighted by Gasteiger charge is -2.21. The fourth-order valence-corrected chi connectivity index (χ4v) is 4.84. The molecule has 2 N–H and O–H groups in total. The maximum Gasteiger partial charge on any atom is 0.124 e. The third-order valence-corrected chi connectivity index (χ3v) is 6.96. The molecule has 188 valence electrons. The Balaban J connectivity index is 0.00000289. The molecule has 3 aromatic rings. The number of thiazole rings is 1. The van der Waals surface area contributed by atoms with Gasteiger partial charge in [0.25, 0.3) is 0 Å². The van der Waals surface area contributed by atoms with Gasteiger partial charge in [-0.15, -0.1) is 23.7 Å². The Kier molecular flexibility index (Phi) is 14.8. The lowest BCUT2D eigenvalue weighted by atomic mass is 10.1. The molecule has 0 amide bonds. The molecule has 6 heteroatoms. The first-order chi connectivity index (χ1) is 15.7. The van der Waals surface area contributed by atoms with Gasteiger partial charge in [-0.1, -0.05) is 63.9 Å². The van der Waals surface area contributed by atoms with E-state index >= 15 is 0 Å². The fourth-order valence-electron chi connectivity index (χ4n) is 3.81. The fraction of sp³-hybridized carbons (Fsp3) is 0.464. The van der Waals surface area contributed by atoms with E-state index < -0.39 is 0 Å². The number of unbranched alkanes of at least 4 members (excludes halogenated alkanes) is 2. The van der Waals surface area contributed by atoms with E-state index in [9.17, 15) is 0 Å². The Bertz CT molecular complexity index is 908. The number of hydrogen-bond donors (Lipinski definition) is 0. The van der Waals surface area contributed by atoms with E-state index in [-0.39, 0.29) is 17.9 Å². The van der Waals surface area contributed by atoms with Crippen LogP contribution in [0.25, 0.3) is 21.8 Å². The van der Waals surface area contributed by atoms with Gasteiger partial charge in [0.2, 0.25) is 0 Å². The molecule has 4 nitrogen and oxygen atoms in total. The third-order valence-electron chi connectivity index (χ3n) is 5.71. The van der Waals surface area contributed by atoms with E-state index in [4.69, 9.17) is 9.72 Å². The second kappa shape index (κ2) is 16.7. The van der Waals surface area contributed by atoms with Crippen LogP contribution in [0.1, 0.15) is 57.8 Å². The molecule has 1 aromatic heterocycles. The monoisotopic (exact) mass is 504 g/mol. The Morgan fingerprint density at radius 2 is 1.41 bits per heavy atom. The van der Waals surface area contributed by atoms with E-state index in [0.717, 1.165) is 48.0 Å². The average molecular weight is 505 g/mol. The van der Waals surface area contributed by atoms with E-state index in [1.54, 1.807) is 11.3 Å². The van der Waals surface area contributed by atoms with Crippen molar-refractivity contribution < 1.29 is 10.2 Å². The molecule has 0 aliphatic carbocycles. The minimum Gasteiger partial charge on any atom is -0.494 e. The molecule has 3 rings (SSSR count). The molecule has 0 bridgehead atoms. The van der Waals surface area contributed by atoms with Crippen LogP contribution in [0.5, 0.6) is 5.75 Å². The Hall–Kier alpha value is -1.92. The molecule has 0 aliphatic rings. The summed E-state index contributed by atoms with van der Waals surface area (Å²) in [5.41, 5.74) is 3.45. The first kappa shape index (κ1) is 30.1. The van der Waals surface area contributed by atoms with Crippen molar-refractivity contribution >= 4 is 23.7 Å². The number of hydrogen-bond acceptors (Lipinski definition) is 4. The van der Waals surface area contributed by atoms with Crippen LogP contribution in [0, 0.1) is 0 Å². The molecule has 0 saturated carbocycles. The first-order valence-electron chi connectivity index (χ1n) is 12.3. The van der Waals surface area contributed by atoms with Gasteiger partial charge in [-0.05, 0) is 63.0 Å². The molecule has 0 spiro atoms. The lowest BCUT2D eigenvalue weighted by Crippen LogP contribution is -2.28. The zero-order valence-electron chi connectivity index (χ0n) is 20.9. The summed E-state index contributed by atoms with van der Waals surface area (Å²) in [6.07, 6.45) is 7.16. The summed E-state index contributed by atoms with van der Waals surface area (Å²) in [5, 5.41) is 1.09. The standard InChI is InChI=1S/C28H38N2OS.ClH.H2O/c1-4-7-19-30(20-8-5-2)21-12-22-31-25-17-15-23(16-18-25)27-26(6-3)32-28(29-27)24-13-10-9-11-14-24;;/h9-11,13-18H,4-8,12,19-22H2,1-3H3;1H;1H2. The van der Waals surface area contributed by atoms with Gasteiger partial charge >= 0.3 is 0 Å². The quantitative estimate of drug-likeness (QED) is 0.216. The van der Waals surface area contributed by atoms with Crippen LogP contribution in [0.2, 0.25) is 0 Å². The van der Waals surface area contributed by atoms with E-state index in [1.165, 1.54) is 49.2 Å². The third kappa shape index (κ3) is 9.03. The molecule has 2 aromatic carbocycles. The number of benzene rings is 2. The van der Waals surface area contributed by atoms with Crippen LogP contribution in [-0.2, 0) is 6.42 Å². The summed E-state index contributed by atoms with van der Waals surface area (Å²) >= 11 is 1.80. The maximum atomic E-state index is 6.04. The molecular formula is C28H41ClN2O2S. The summed E-state index contributed by atoms with van der Waals surface area (Å²) in [4.78, 5) is 8.89. The molecule has 1 heterocycles. The molecule has 34 heavy (non-hydrogen) atoms. The molecule has 0 radical (unpaired) electrons. The van der Waals surface area contributed by atoms with E-state index in [0.29, 0.717) is 0 Å². The highest BCUT2D eigenvalue weighted by Crippen LogP contribution is 2.34. The zero-order chi connectivity index (χ0) is 22.6. The molecule has 0 unspecified atom stereocenters. The predicted molar refractivity (Wildman–Crippen MR) is 150 cm³/mol. The Morgan fingerprint density at radius 1 is 0.794 bits per heavy atom. The van der Waals surface area contributed by atoms with Gasteiger partial charge in [0, 0.05) is 22.5 Å². The van der Waals surface area contributed by atoms with Crippen molar-refractivity contribution in [2.24, 2.45) is 0 Å².